The molecule has 0 aliphatic carbocycles. The highest BCUT2D eigenvalue weighted by molar-refractivity contribution is 7.89. The molecule has 2 saturated heterocycles. The Hall–Kier alpha value is -1.84. The molecule has 1 aromatic carbocycles. The van der Waals surface area contributed by atoms with E-state index in [1.165, 1.54) is 10.4 Å². The molecule has 166 valence electrons. The largest absolute Gasteiger partial charge is 0.492 e. The van der Waals surface area contributed by atoms with Gasteiger partial charge in [0, 0.05) is 37.1 Å². The third-order valence-corrected chi connectivity index (χ3v) is 7.89. The number of amides is 2. The number of nitrogens with two attached hydrogens (primary N) is 1. The number of carbonyl (C=O) groups excluding carboxylic acids is 2. The Morgan fingerprint density at radius 3 is 2.50 bits per heavy atom. The monoisotopic (exact) mass is 457 g/mol. The molecule has 2 aliphatic rings. The fraction of sp³-hybridized carbons (Fsp3) is 0.600. The van der Waals surface area contributed by atoms with Crippen LogP contribution in [0.15, 0.2) is 23.1 Å². The molecule has 0 radical (unpaired) electrons. The highest BCUT2D eigenvalue weighted by Gasteiger charge is 2.37. The van der Waals surface area contributed by atoms with Crippen molar-refractivity contribution in [2.45, 2.75) is 37.5 Å². The second kappa shape index (κ2) is 9.53. The van der Waals surface area contributed by atoms with Crippen molar-refractivity contribution >= 4 is 33.4 Å². The third-order valence-electron chi connectivity index (χ3n) is 5.77. The van der Waals surface area contributed by atoms with Crippen molar-refractivity contribution in [1.29, 1.82) is 0 Å². The minimum Gasteiger partial charge on any atom is -0.492 e. The van der Waals surface area contributed by atoms with Crippen LogP contribution in [0.5, 0.6) is 5.75 Å². The average molecular weight is 458 g/mol. The van der Waals surface area contributed by atoms with Crippen LogP contribution in [0.4, 0.5) is 0 Å². The first kappa shape index (κ1) is 22.8. The van der Waals surface area contributed by atoms with Crippen LogP contribution >= 0.6 is 11.6 Å². The normalized spacial score (nSPS) is 21.4. The van der Waals surface area contributed by atoms with Gasteiger partial charge < -0.3 is 15.4 Å². The van der Waals surface area contributed by atoms with Gasteiger partial charge in [0.2, 0.25) is 21.8 Å². The van der Waals surface area contributed by atoms with Gasteiger partial charge in [-0.25, -0.2) is 8.42 Å². The number of nitrogens with zero attached hydrogens (tertiary/aromatic N) is 2. The van der Waals surface area contributed by atoms with Crippen molar-refractivity contribution < 1.29 is 22.7 Å². The van der Waals surface area contributed by atoms with Crippen molar-refractivity contribution in [2.75, 3.05) is 32.8 Å². The number of primary amides is 1. The molecule has 2 heterocycles. The molecule has 1 atom stereocenters. The lowest BCUT2D eigenvalue weighted by molar-refractivity contribution is -0.139. The van der Waals surface area contributed by atoms with E-state index in [0.29, 0.717) is 56.9 Å². The van der Waals surface area contributed by atoms with Crippen molar-refractivity contribution in [2.24, 2.45) is 17.6 Å². The molecule has 0 unspecified atom stereocenters. The smallest absolute Gasteiger partial charge is 0.246 e. The Kier molecular flexibility index (Phi) is 7.26. The second-order valence-electron chi connectivity index (χ2n) is 7.73. The standard InChI is InChI=1S/C20H28ClN3O5S/c1-2-29-17-6-5-16(21)12-18(17)30(27,28)24-9-3-4-15(13-24)20(26)23-10-7-14(8-11-23)19(22)25/h5-6,12,14-15H,2-4,7-11,13H2,1H3,(H2,22,25)/t15-/m0/s1. The summed E-state index contributed by atoms with van der Waals surface area (Å²) in [5.74, 6) is -0.744. The van der Waals surface area contributed by atoms with Gasteiger partial charge >= 0.3 is 0 Å². The molecule has 0 aromatic heterocycles. The first-order valence-corrected chi connectivity index (χ1v) is 12.1. The molecule has 2 amide bonds. The van der Waals surface area contributed by atoms with Crippen molar-refractivity contribution in [1.82, 2.24) is 9.21 Å². The van der Waals surface area contributed by atoms with Gasteiger partial charge in [-0.3, -0.25) is 9.59 Å². The number of hydrogen-bond donors (Lipinski definition) is 1. The number of piperidine rings is 2. The number of halogens is 1. The van der Waals surface area contributed by atoms with Crippen LogP contribution in [0, 0.1) is 11.8 Å². The molecular formula is C20H28ClN3O5S. The van der Waals surface area contributed by atoms with Crippen LogP contribution in [0.25, 0.3) is 0 Å². The lowest BCUT2D eigenvalue weighted by atomic mass is 9.93. The number of likely N-dealkylation sites (tertiary alicyclic amines) is 1. The molecule has 2 aliphatic heterocycles. The predicted molar refractivity (Wildman–Crippen MR) is 113 cm³/mol. The van der Waals surface area contributed by atoms with E-state index in [4.69, 9.17) is 22.1 Å². The summed E-state index contributed by atoms with van der Waals surface area (Å²) in [7, 11) is -3.86. The highest BCUT2D eigenvalue weighted by atomic mass is 35.5. The van der Waals surface area contributed by atoms with Gasteiger partial charge in [-0.2, -0.15) is 4.31 Å². The van der Waals surface area contributed by atoms with Crippen molar-refractivity contribution in [3.05, 3.63) is 23.2 Å². The summed E-state index contributed by atoms with van der Waals surface area (Å²) in [6.45, 7) is 3.51. The molecule has 10 heteroatoms. The fourth-order valence-corrected chi connectivity index (χ4v) is 6.02. The van der Waals surface area contributed by atoms with Gasteiger partial charge in [0.05, 0.1) is 12.5 Å². The maximum atomic E-state index is 13.3. The molecule has 2 fully saturated rings. The molecule has 0 saturated carbocycles. The number of benzene rings is 1. The summed E-state index contributed by atoms with van der Waals surface area (Å²) in [5.41, 5.74) is 5.36. The second-order valence-corrected chi connectivity index (χ2v) is 10.1. The van der Waals surface area contributed by atoms with Crippen LogP contribution in [0.3, 0.4) is 0 Å². The molecule has 8 nitrogen and oxygen atoms in total. The molecule has 1 aromatic rings. The van der Waals surface area contributed by atoms with E-state index in [-0.39, 0.29) is 34.9 Å². The Bertz CT molecular complexity index is 900. The van der Waals surface area contributed by atoms with Crippen LogP contribution in [-0.2, 0) is 19.6 Å². The van der Waals surface area contributed by atoms with Crippen LogP contribution in [-0.4, -0.2) is 62.2 Å². The summed E-state index contributed by atoms with van der Waals surface area (Å²) >= 11 is 6.04. The summed E-state index contributed by atoms with van der Waals surface area (Å²) in [6.07, 6.45) is 2.33. The lowest BCUT2D eigenvalue weighted by Gasteiger charge is -2.37. The summed E-state index contributed by atoms with van der Waals surface area (Å²) in [4.78, 5) is 26.1. The Morgan fingerprint density at radius 2 is 1.87 bits per heavy atom. The van der Waals surface area contributed by atoms with E-state index >= 15 is 0 Å². The molecule has 3 rings (SSSR count). The van der Waals surface area contributed by atoms with Gasteiger partial charge in [0.15, 0.2) is 0 Å². The molecular weight excluding hydrogens is 430 g/mol. The van der Waals surface area contributed by atoms with Crippen LogP contribution in [0.1, 0.15) is 32.6 Å². The van der Waals surface area contributed by atoms with Gasteiger partial charge in [-0.1, -0.05) is 11.6 Å². The molecule has 0 bridgehead atoms. The fourth-order valence-electron chi connectivity index (χ4n) is 4.10. The maximum Gasteiger partial charge on any atom is 0.246 e. The van der Waals surface area contributed by atoms with Crippen molar-refractivity contribution in [3.63, 3.8) is 0 Å². The Labute approximate surface area is 182 Å². The first-order chi connectivity index (χ1) is 14.2. The van der Waals surface area contributed by atoms with E-state index in [1.807, 2.05) is 0 Å². The van der Waals surface area contributed by atoms with Gasteiger partial charge in [0.25, 0.3) is 0 Å². The minimum atomic E-state index is -3.86. The Morgan fingerprint density at radius 1 is 1.17 bits per heavy atom. The number of ether oxygens (including phenoxy) is 1. The van der Waals surface area contributed by atoms with Gasteiger partial charge in [-0.15, -0.1) is 0 Å². The zero-order chi connectivity index (χ0) is 21.9. The van der Waals surface area contributed by atoms with Crippen molar-refractivity contribution in [3.8, 4) is 5.75 Å². The third kappa shape index (κ3) is 4.90. The Balaban J connectivity index is 1.74. The van der Waals surface area contributed by atoms with E-state index < -0.39 is 15.9 Å². The summed E-state index contributed by atoms with van der Waals surface area (Å²) < 4.78 is 33.5. The number of sulfonamides is 1. The maximum absolute atomic E-state index is 13.3. The predicted octanol–water partition coefficient (Wildman–Crippen LogP) is 1.86. The SMILES string of the molecule is CCOc1ccc(Cl)cc1S(=O)(=O)N1CCC[C@H](C(=O)N2CCC(C(N)=O)CC2)C1. The van der Waals surface area contributed by atoms with Gasteiger partial charge in [0.1, 0.15) is 10.6 Å². The summed E-state index contributed by atoms with van der Waals surface area (Å²) in [5, 5.41) is 0.305. The zero-order valence-electron chi connectivity index (χ0n) is 17.0. The van der Waals surface area contributed by atoms with Crippen LogP contribution in [0.2, 0.25) is 5.02 Å². The van der Waals surface area contributed by atoms with Gasteiger partial charge in [-0.05, 0) is 50.8 Å². The van der Waals surface area contributed by atoms with E-state index in [0.717, 1.165) is 0 Å². The average Bonchev–Trinajstić information content (AvgIpc) is 2.74. The molecule has 2 N–H and O–H groups in total. The molecule has 0 spiro atoms. The number of carbonyl (C=O) groups is 2. The topological polar surface area (TPSA) is 110 Å². The van der Waals surface area contributed by atoms with Crippen LogP contribution < -0.4 is 10.5 Å². The van der Waals surface area contributed by atoms with E-state index in [2.05, 4.69) is 0 Å². The quantitative estimate of drug-likeness (QED) is 0.701. The zero-order valence-corrected chi connectivity index (χ0v) is 18.6. The van der Waals surface area contributed by atoms with E-state index in [9.17, 15) is 18.0 Å². The highest BCUT2D eigenvalue weighted by Crippen LogP contribution is 2.33. The number of rotatable bonds is 6. The molecule has 30 heavy (non-hydrogen) atoms. The lowest BCUT2D eigenvalue weighted by Crippen LogP contribution is -2.49. The summed E-state index contributed by atoms with van der Waals surface area (Å²) in [6, 6.07) is 4.53. The minimum absolute atomic E-state index is 0.0206. The number of hydrogen-bond acceptors (Lipinski definition) is 5. The first-order valence-electron chi connectivity index (χ1n) is 10.2. The van der Waals surface area contributed by atoms with E-state index in [1.54, 1.807) is 24.0 Å².